The normalized spacial score (nSPS) is 13.1. The Kier molecular flexibility index (Phi) is 9.01. The molecule has 1 rings (SSSR count). The maximum atomic E-state index is 12.7. The molecule has 0 aliphatic heterocycles. The van der Waals surface area contributed by atoms with Crippen molar-refractivity contribution in [2.75, 3.05) is 14.2 Å². The van der Waals surface area contributed by atoms with Gasteiger partial charge in [0.25, 0.3) is 5.91 Å². The Morgan fingerprint density at radius 1 is 1.07 bits per heavy atom. The Morgan fingerprint density at radius 2 is 1.64 bits per heavy atom. The van der Waals surface area contributed by atoms with Gasteiger partial charge in [0.1, 0.15) is 23.6 Å². The summed E-state index contributed by atoms with van der Waals surface area (Å²) in [6.45, 7) is 5.29. The molecule has 0 radical (unpaired) electrons. The molecule has 0 aliphatic carbocycles. The van der Waals surface area contributed by atoms with Crippen LogP contribution >= 0.6 is 0 Å². The molecule has 8 heteroatoms. The monoisotopic (exact) mass is 392 g/mol. The van der Waals surface area contributed by atoms with Crippen LogP contribution in [0.15, 0.2) is 30.4 Å². The fourth-order valence-electron chi connectivity index (χ4n) is 2.45. The van der Waals surface area contributed by atoms with E-state index in [4.69, 9.17) is 9.47 Å². The van der Waals surface area contributed by atoms with Gasteiger partial charge >= 0.3 is 5.97 Å². The van der Waals surface area contributed by atoms with Crippen LogP contribution < -0.4 is 20.1 Å². The van der Waals surface area contributed by atoms with E-state index >= 15 is 0 Å². The van der Waals surface area contributed by atoms with Gasteiger partial charge in [-0.05, 0) is 31.4 Å². The van der Waals surface area contributed by atoms with Gasteiger partial charge in [-0.2, -0.15) is 0 Å². The highest BCUT2D eigenvalue weighted by atomic mass is 16.5. The summed E-state index contributed by atoms with van der Waals surface area (Å²) in [5.74, 6) is -1.58. The SMILES string of the molecule is C/C=C/CC(NC(=O)C(NC(=O)c1cc(OC)cc(OC)c1)C(C)C)C(=O)O. The fourth-order valence-corrected chi connectivity index (χ4v) is 2.45. The Labute approximate surface area is 164 Å². The smallest absolute Gasteiger partial charge is 0.326 e. The predicted octanol–water partition coefficient (Wildman–Crippen LogP) is 1.99. The van der Waals surface area contributed by atoms with Gasteiger partial charge < -0.3 is 25.2 Å². The van der Waals surface area contributed by atoms with E-state index in [0.29, 0.717) is 11.5 Å². The molecule has 1 aromatic rings. The van der Waals surface area contributed by atoms with E-state index in [1.54, 1.807) is 39.0 Å². The summed E-state index contributed by atoms with van der Waals surface area (Å²) in [4.78, 5) is 36.6. The Morgan fingerprint density at radius 3 is 2.07 bits per heavy atom. The number of carbonyl (C=O) groups is 3. The average molecular weight is 392 g/mol. The Bertz CT molecular complexity index is 707. The van der Waals surface area contributed by atoms with E-state index in [2.05, 4.69) is 10.6 Å². The summed E-state index contributed by atoms with van der Waals surface area (Å²) in [6, 6.07) is 2.71. The quantitative estimate of drug-likeness (QED) is 0.525. The zero-order valence-corrected chi connectivity index (χ0v) is 16.8. The Balaban J connectivity index is 2.98. The van der Waals surface area contributed by atoms with E-state index in [1.807, 2.05) is 0 Å². The first-order chi connectivity index (χ1) is 13.2. The zero-order chi connectivity index (χ0) is 21.3. The van der Waals surface area contributed by atoms with E-state index in [0.717, 1.165) is 0 Å². The second-order valence-corrected chi connectivity index (χ2v) is 6.50. The summed E-state index contributed by atoms with van der Waals surface area (Å²) in [5, 5.41) is 14.4. The number of nitrogens with one attached hydrogen (secondary N) is 2. The van der Waals surface area contributed by atoms with Crippen LogP contribution in [-0.2, 0) is 9.59 Å². The second-order valence-electron chi connectivity index (χ2n) is 6.50. The van der Waals surface area contributed by atoms with Crippen molar-refractivity contribution in [1.82, 2.24) is 10.6 Å². The molecule has 0 aliphatic rings. The maximum absolute atomic E-state index is 12.7. The lowest BCUT2D eigenvalue weighted by atomic mass is 10.0. The third kappa shape index (κ3) is 6.61. The van der Waals surface area contributed by atoms with Crippen molar-refractivity contribution in [2.45, 2.75) is 39.3 Å². The number of rotatable bonds is 10. The average Bonchev–Trinajstić information content (AvgIpc) is 2.67. The van der Waals surface area contributed by atoms with Crippen LogP contribution in [0.2, 0.25) is 0 Å². The van der Waals surface area contributed by atoms with Crippen LogP contribution in [0.5, 0.6) is 11.5 Å². The first-order valence-corrected chi connectivity index (χ1v) is 8.91. The Hall–Kier alpha value is -3.03. The van der Waals surface area contributed by atoms with Crippen molar-refractivity contribution >= 4 is 17.8 Å². The van der Waals surface area contributed by atoms with E-state index < -0.39 is 29.9 Å². The van der Waals surface area contributed by atoms with E-state index in [1.165, 1.54) is 26.4 Å². The van der Waals surface area contributed by atoms with Gasteiger partial charge in [0.2, 0.25) is 5.91 Å². The van der Waals surface area contributed by atoms with Crippen molar-refractivity contribution in [3.05, 3.63) is 35.9 Å². The van der Waals surface area contributed by atoms with Crippen LogP contribution in [0.4, 0.5) is 0 Å². The van der Waals surface area contributed by atoms with Crippen LogP contribution in [-0.4, -0.2) is 49.2 Å². The highest BCUT2D eigenvalue weighted by molar-refractivity contribution is 5.98. The molecule has 0 bridgehead atoms. The summed E-state index contributed by atoms with van der Waals surface area (Å²) in [7, 11) is 2.94. The minimum Gasteiger partial charge on any atom is -0.497 e. The van der Waals surface area contributed by atoms with Crippen molar-refractivity contribution in [2.24, 2.45) is 5.92 Å². The molecular formula is C20H28N2O6. The molecule has 0 aromatic heterocycles. The minimum atomic E-state index is -1.14. The van der Waals surface area contributed by atoms with Gasteiger partial charge in [-0.15, -0.1) is 0 Å². The van der Waals surface area contributed by atoms with Gasteiger partial charge in [0.05, 0.1) is 14.2 Å². The molecule has 0 fully saturated rings. The van der Waals surface area contributed by atoms with Crippen molar-refractivity contribution in [1.29, 1.82) is 0 Å². The number of carboxylic acids is 1. The van der Waals surface area contributed by atoms with Crippen LogP contribution in [0.3, 0.4) is 0 Å². The lowest BCUT2D eigenvalue weighted by molar-refractivity contribution is -0.142. The molecule has 0 spiro atoms. The topological polar surface area (TPSA) is 114 Å². The van der Waals surface area contributed by atoms with E-state index in [-0.39, 0.29) is 17.9 Å². The lowest BCUT2D eigenvalue weighted by Crippen LogP contribution is -2.53. The molecule has 0 saturated heterocycles. The largest absolute Gasteiger partial charge is 0.497 e. The number of ether oxygens (including phenoxy) is 2. The van der Waals surface area contributed by atoms with Gasteiger partial charge in [-0.3, -0.25) is 9.59 Å². The van der Waals surface area contributed by atoms with Gasteiger partial charge in [0.15, 0.2) is 0 Å². The minimum absolute atomic E-state index is 0.156. The highest BCUT2D eigenvalue weighted by Gasteiger charge is 2.28. The van der Waals surface area contributed by atoms with Gasteiger partial charge in [0, 0.05) is 11.6 Å². The van der Waals surface area contributed by atoms with Crippen LogP contribution in [0, 0.1) is 5.92 Å². The number of benzene rings is 1. The summed E-state index contributed by atoms with van der Waals surface area (Å²) in [5.41, 5.74) is 0.262. The molecule has 8 nitrogen and oxygen atoms in total. The van der Waals surface area contributed by atoms with Crippen LogP contribution in [0.25, 0.3) is 0 Å². The molecule has 0 saturated carbocycles. The molecule has 0 heterocycles. The number of hydrogen-bond acceptors (Lipinski definition) is 5. The molecule has 2 atom stereocenters. The van der Waals surface area contributed by atoms with Crippen molar-refractivity contribution < 1.29 is 29.0 Å². The summed E-state index contributed by atoms with van der Waals surface area (Å²) >= 11 is 0. The number of aliphatic carboxylic acids is 1. The van der Waals surface area contributed by atoms with E-state index in [9.17, 15) is 19.5 Å². The molecule has 28 heavy (non-hydrogen) atoms. The second kappa shape index (κ2) is 11.0. The zero-order valence-electron chi connectivity index (χ0n) is 16.8. The van der Waals surface area contributed by atoms with Crippen molar-refractivity contribution in [3.63, 3.8) is 0 Å². The number of carbonyl (C=O) groups excluding carboxylic acids is 2. The third-order valence-corrected chi connectivity index (χ3v) is 4.07. The fraction of sp³-hybridized carbons (Fsp3) is 0.450. The number of amides is 2. The summed E-state index contributed by atoms with van der Waals surface area (Å²) < 4.78 is 10.3. The third-order valence-electron chi connectivity index (χ3n) is 4.07. The van der Waals surface area contributed by atoms with Gasteiger partial charge in [-0.1, -0.05) is 26.0 Å². The molecule has 1 aromatic carbocycles. The number of allylic oxidation sites excluding steroid dienone is 1. The molecular weight excluding hydrogens is 364 g/mol. The molecule has 154 valence electrons. The maximum Gasteiger partial charge on any atom is 0.326 e. The molecule has 3 N–H and O–H groups in total. The highest BCUT2D eigenvalue weighted by Crippen LogP contribution is 2.22. The number of hydrogen-bond donors (Lipinski definition) is 3. The van der Waals surface area contributed by atoms with Crippen molar-refractivity contribution in [3.8, 4) is 11.5 Å². The number of carboxylic acid groups (broad SMARTS) is 1. The lowest BCUT2D eigenvalue weighted by Gasteiger charge is -2.24. The first kappa shape index (κ1) is 23.0. The summed E-state index contributed by atoms with van der Waals surface area (Å²) in [6.07, 6.45) is 3.52. The van der Waals surface area contributed by atoms with Crippen LogP contribution in [0.1, 0.15) is 37.6 Å². The first-order valence-electron chi connectivity index (χ1n) is 8.91. The molecule has 2 amide bonds. The van der Waals surface area contributed by atoms with Gasteiger partial charge in [-0.25, -0.2) is 4.79 Å². The molecule has 2 unspecified atom stereocenters. The predicted molar refractivity (Wildman–Crippen MR) is 105 cm³/mol. The standard InChI is InChI=1S/C20H28N2O6/c1-6-7-8-16(20(25)26)21-19(24)17(12(2)3)22-18(23)13-9-14(27-4)11-15(10-13)28-5/h6-7,9-12,16-17H,8H2,1-5H3,(H,21,24)(H,22,23)(H,25,26)/b7-6+. The number of methoxy groups -OCH3 is 2.